The van der Waals surface area contributed by atoms with Gasteiger partial charge in [0.05, 0.1) is 17.4 Å². The van der Waals surface area contributed by atoms with Crippen molar-refractivity contribution in [2.24, 2.45) is 5.92 Å². The van der Waals surface area contributed by atoms with Crippen LogP contribution in [0.2, 0.25) is 0 Å². The van der Waals surface area contributed by atoms with Crippen molar-refractivity contribution in [2.45, 2.75) is 33.6 Å². The third kappa shape index (κ3) is 3.30. The maximum atomic E-state index is 12.5. The molecule has 0 aliphatic carbocycles. The molecule has 0 atom stereocenters. The van der Waals surface area contributed by atoms with Gasteiger partial charge in [-0.2, -0.15) is 0 Å². The molecular formula is C16H25N3O. The maximum Gasteiger partial charge on any atom is 0.255 e. The summed E-state index contributed by atoms with van der Waals surface area (Å²) in [6.07, 6.45) is 5.74. The van der Waals surface area contributed by atoms with Crippen LogP contribution in [0.1, 0.15) is 44.0 Å². The lowest BCUT2D eigenvalue weighted by Crippen LogP contribution is -2.38. The number of amides is 1. The molecule has 0 radical (unpaired) electrons. The topological polar surface area (TPSA) is 36.4 Å². The molecule has 0 N–H and O–H groups in total. The molecule has 4 heteroatoms. The molecule has 2 rings (SSSR count). The highest BCUT2D eigenvalue weighted by Crippen LogP contribution is 2.20. The van der Waals surface area contributed by atoms with E-state index in [1.54, 1.807) is 6.20 Å². The van der Waals surface area contributed by atoms with Gasteiger partial charge in [0, 0.05) is 32.4 Å². The van der Waals surface area contributed by atoms with Gasteiger partial charge in [-0.3, -0.25) is 9.78 Å². The zero-order valence-corrected chi connectivity index (χ0v) is 12.8. The van der Waals surface area contributed by atoms with E-state index < -0.39 is 0 Å². The summed E-state index contributed by atoms with van der Waals surface area (Å²) in [5.41, 5.74) is 1.75. The predicted octanol–water partition coefficient (Wildman–Crippen LogP) is 2.80. The zero-order valence-electron chi connectivity index (χ0n) is 12.8. The van der Waals surface area contributed by atoms with Gasteiger partial charge in [-0.25, -0.2) is 0 Å². The molecule has 1 fully saturated rings. The largest absolute Gasteiger partial charge is 0.371 e. The molecule has 0 aromatic carbocycles. The zero-order chi connectivity index (χ0) is 14.5. The SMILES string of the molecule is CCN(CC)c1cncc(C(=O)N2CCC(C)CC2)c1. The van der Waals surface area contributed by atoms with E-state index in [0.29, 0.717) is 5.56 Å². The lowest BCUT2D eigenvalue weighted by molar-refractivity contribution is 0.0697. The molecule has 1 aliphatic heterocycles. The van der Waals surface area contributed by atoms with Crippen LogP contribution in [0.5, 0.6) is 0 Å². The monoisotopic (exact) mass is 275 g/mol. The number of piperidine rings is 1. The van der Waals surface area contributed by atoms with Crippen molar-refractivity contribution in [3.63, 3.8) is 0 Å². The average molecular weight is 275 g/mol. The van der Waals surface area contributed by atoms with Gasteiger partial charge >= 0.3 is 0 Å². The van der Waals surface area contributed by atoms with E-state index in [1.165, 1.54) is 0 Å². The Bertz CT molecular complexity index is 449. The quantitative estimate of drug-likeness (QED) is 0.848. The van der Waals surface area contributed by atoms with Crippen LogP contribution in [0.25, 0.3) is 0 Å². The van der Waals surface area contributed by atoms with Gasteiger partial charge in [0.1, 0.15) is 0 Å². The molecule has 1 aromatic rings. The van der Waals surface area contributed by atoms with E-state index in [-0.39, 0.29) is 5.91 Å². The van der Waals surface area contributed by atoms with Gasteiger partial charge in [0.25, 0.3) is 5.91 Å². The first-order valence-corrected chi connectivity index (χ1v) is 7.65. The van der Waals surface area contributed by atoms with Crippen LogP contribution < -0.4 is 4.90 Å². The summed E-state index contributed by atoms with van der Waals surface area (Å²) in [6, 6.07) is 1.97. The number of pyridine rings is 1. The van der Waals surface area contributed by atoms with Crippen LogP contribution in [0.15, 0.2) is 18.5 Å². The molecule has 1 aliphatic rings. The van der Waals surface area contributed by atoms with Crippen LogP contribution in [-0.2, 0) is 0 Å². The summed E-state index contributed by atoms with van der Waals surface area (Å²) in [6.45, 7) is 10.1. The molecular weight excluding hydrogens is 250 g/mol. The second-order valence-corrected chi connectivity index (χ2v) is 5.58. The molecule has 0 saturated carbocycles. The number of rotatable bonds is 4. The van der Waals surface area contributed by atoms with Crippen LogP contribution in [-0.4, -0.2) is 42.0 Å². The van der Waals surface area contributed by atoms with Crippen molar-refractivity contribution >= 4 is 11.6 Å². The highest BCUT2D eigenvalue weighted by molar-refractivity contribution is 5.94. The number of aromatic nitrogens is 1. The van der Waals surface area contributed by atoms with E-state index >= 15 is 0 Å². The third-order valence-corrected chi connectivity index (χ3v) is 4.17. The Kier molecular flexibility index (Phi) is 4.99. The summed E-state index contributed by atoms with van der Waals surface area (Å²) in [5.74, 6) is 0.859. The van der Waals surface area contributed by atoms with Crippen molar-refractivity contribution in [3.8, 4) is 0 Å². The van der Waals surface area contributed by atoms with Crippen molar-refractivity contribution in [3.05, 3.63) is 24.0 Å². The molecule has 1 saturated heterocycles. The fraction of sp³-hybridized carbons (Fsp3) is 0.625. The smallest absolute Gasteiger partial charge is 0.255 e. The van der Waals surface area contributed by atoms with Crippen LogP contribution in [0.3, 0.4) is 0 Å². The van der Waals surface area contributed by atoms with Gasteiger partial charge in [0.15, 0.2) is 0 Å². The van der Waals surface area contributed by atoms with Crippen molar-refractivity contribution in [2.75, 3.05) is 31.1 Å². The fourth-order valence-electron chi connectivity index (χ4n) is 2.70. The summed E-state index contributed by atoms with van der Waals surface area (Å²) in [5, 5.41) is 0. The minimum atomic E-state index is 0.124. The second kappa shape index (κ2) is 6.73. The van der Waals surface area contributed by atoms with Gasteiger partial charge in [-0.15, -0.1) is 0 Å². The number of hydrogen-bond donors (Lipinski definition) is 0. The average Bonchev–Trinajstić information content (AvgIpc) is 2.49. The second-order valence-electron chi connectivity index (χ2n) is 5.58. The molecule has 4 nitrogen and oxygen atoms in total. The molecule has 20 heavy (non-hydrogen) atoms. The third-order valence-electron chi connectivity index (χ3n) is 4.17. The normalized spacial score (nSPS) is 16.2. The Morgan fingerprint density at radius 3 is 2.55 bits per heavy atom. The molecule has 0 bridgehead atoms. The first-order chi connectivity index (χ1) is 9.65. The number of carbonyl (C=O) groups excluding carboxylic acids is 1. The number of likely N-dealkylation sites (tertiary alicyclic amines) is 1. The Hall–Kier alpha value is -1.58. The number of hydrogen-bond acceptors (Lipinski definition) is 3. The van der Waals surface area contributed by atoms with Gasteiger partial charge in [0.2, 0.25) is 0 Å². The van der Waals surface area contributed by atoms with Crippen molar-refractivity contribution in [1.82, 2.24) is 9.88 Å². The maximum absolute atomic E-state index is 12.5. The van der Waals surface area contributed by atoms with Crippen LogP contribution in [0.4, 0.5) is 5.69 Å². The predicted molar refractivity (Wildman–Crippen MR) is 82.1 cm³/mol. The number of nitrogens with zero attached hydrogens (tertiary/aromatic N) is 3. The highest BCUT2D eigenvalue weighted by Gasteiger charge is 2.22. The number of carbonyl (C=O) groups is 1. The van der Waals surface area contributed by atoms with Gasteiger partial charge in [-0.05, 0) is 38.7 Å². The fourth-order valence-corrected chi connectivity index (χ4v) is 2.70. The highest BCUT2D eigenvalue weighted by atomic mass is 16.2. The van der Waals surface area contributed by atoms with Crippen molar-refractivity contribution in [1.29, 1.82) is 0 Å². The molecule has 0 unspecified atom stereocenters. The van der Waals surface area contributed by atoms with E-state index in [1.807, 2.05) is 17.2 Å². The lowest BCUT2D eigenvalue weighted by Gasteiger charge is -2.30. The lowest BCUT2D eigenvalue weighted by atomic mass is 9.99. The first-order valence-electron chi connectivity index (χ1n) is 7.65. The minimum absolute atomic E-state index is 0.124. The number of anilines is 1. The van der Waals surface area contributed by atoms with Crippen LogP contribution >= 0.6 is 0 Å². The Morgan fingerprint density at radius 2 is 1.95 bits per heavy atom. The molecule has 1 amide bonds. The van der Waals surface area contributed by atoms with Gasteiger partial charge in [-0.1, -0.05) is 6.92 Å². The van der Waals surface area contributed by atoms with E-state index in [2.05, 4.69) is 30.7 Å². The first kappa shape index (κ1) is 14.8. The minimum Gasteiger partial charge on any atom is -0.371 e. The Labute approximate surface area is 121 Å². The molecule has 2 heterocycles. The molecule has 1 aromatic heterocycles. The van der Waals surface area contributed by atoms with Crippen LogP contribution in [0, 0.1) is 5.92 Å². The summed E-state index contributed by atoms with van der Waals surface area (Å²) >= 11 is 0. The molecule has 0 spiro atoms. The summed E-state index contributed by atoms with van der Waals surface area (Å²) < 4.78 is 0. The Morgan fingerprint density at radius 1 is 1.30 bits per heavy atom. The van der Waals surface area contributed by atoms with Gasteiger partial charge < -0.3 is 9.80 Å². The molecule has 110 valence electrons. The van der Waals surface area contributed by atoms with E-state index in [9.17, 15) is 4.79 Å². The Balaban J connectivity index is 2.12. The standard InChI is InChI=1S/C16H25N3O/c1-4-18(5-2)15-10-14(11-17-12-15)16(20)19-8-6-13(3)7-9-19/h10-13H,4-9H2,1-3H3. The van der Waals surface area contributed by atoms with Crippen molar-refractivity contribution < 1.29 is 4.79 Å². The summed E-state index contributed by atoms with van der Waals surface area (Å²) in [7, 11) is 0. The van der Waals surface area contributed by atoms with E-state index in [0.717, 1.165) is 50.6 Å². The van der Waals surface area contributed by atoms with E-state index in [4.69, 9.17) is 0 Å². The summed E-state index contributed by atoms with van der Waals surface area (Å²) in [4.78, 5) is 20.9.